The van der Waals surface area contributed by atoms with Gasteiger partial charge in [-0.2, -0.15) is 0 Å². The molecule has 1 unspecified atom stereocenters. The second kappa shape index (κ2) is 10.8. The number of benzene rings is 3. The number of amides is 2. The van der Waals surface area contributed by atoms with Crippen molar-refractivity contribution in [2.45, 2.75) is 6.04 Å². The van der Waals surface area contributed by atoms with Crippen LogP contribution in [-0.2, 0) is 4.74 Å². The van der Waals surface area contributed by atoms with Crippen LogP contribution in [0.2, 0.25) is 0 Å². The maximum Gasteiger partial charge on any atom is 0.251 e. The smallest absolute Gasteiger partial charge is 0.251 e. The largest absolute Gasteiger partial charge is 0.457 e. The van der Waals surface area contributed by atoms with E-state index in [-0.39, 0.29) is 11.9 Å². The summed E-state index contributed by atoms with van der Waals surface area (Å²) in [6.07, 6.45) is 0. The van der Waals surface area contributed by atoms with Gasteiger partial charge in [-0.15, -0.1) is 0 Å². The minimum atomic E-state index is -0.486. The van der Waals surface area contributed by atoms with Crippen LogP contribution in [0.5, 0.6) is 11.5 Å². The van der Waals surface area contributed by atoms with Crippen molar-refractivity contribution in [3.05, 3.63) is 95.6 Å². The van der Waals surface area contributed by atoms with Gasteiger partial charge >= 0.3 is 0 Å². The first-order valence-corrected chi connectivity index (χ1v) is 10.9. The molecule has 7 nitrogen and oxygen atoms in total. The van der Waals surface area contributed by atoms with Gasteiger partial charge in [-0.1, -0.05) is 30.3 Å². The Kier molecular flexibility index (Phi) is 7.34. The fraction of sp³-hybridized carbons (Fsp3) is 0.231. The highest BCUT2D eigenvalue weighted by Crippen LogP contribution is 2.23. The molecule has 2 amide bonds. The Morgan fingerprint density at radius 2 is 1.45 bits per heavy atom. The van der Waals surface area contributed by atoms with Crippen molar-refractivity contribution in [1.29, 1.82) is 0 Å². The number of primary amides is 1. The first kappa shape index (κ1) is 22.5. The maximum absolute atomic E-state index is 12.8. The van der Waals surface area contributed by atoms with Crippen molar-refractivity contribution in [3.63, 3.8) is 0 Å². The van der Waals surface area contributed by atoms with Crippen LogP contribution in [0.4, 0.5) is 0 Å². The Bertz CT molecular complexity index is 1060. The minimum Gasteiger partial charge on any atom is -0.457 e. The summed E-state index contributed by atoms with van der Waals surface area (Å²) < 4.78 is 11.3. The highest BCUT2D eigenvalue weighted by molar-refractivity contribution is 5.94. The summed E-state index contributed by atoms with van der Waals surface area (Å²) in [5.41, 5.74) is 7.40. The van der Waals surface area contributed by atoms with Crippen LogP contribution in [0.1, 0.15) is 32.3 Å². The van der Waals surface area contributed by atoms with Crippen LogP contribution in [-0.4, -0.2) is 49.6 Å². The van der Waals surface area contributed by atoms with Gasteiger partial charge in [0.2, 0.25) is 5.91 Å². The van der Waals surface area contributed by atoms with Gasteiger partial charge in [0, 0.05) is 30.8 Å². The molecule has 0 aliphatic carbocycles. The molecule has 1 saturated heterocycles. The lowest BCUT2D eigenvalue weighted by molar-refractivity contribution is 0.0162. The van der Waals surface area contributed by atoms with Crippen molar-refractivity contribution in [3.8, 4) is 11.5 Å². The summed E-state index contributed by atoms with van der Waals surface area (Å²) in [7, 11) is 0. The molecule has 1 aliphatic rings. The Labute approximate surface area is 193 Å². The zero-order valence-corrected chi connectivity index (χ0v) is 18.3. The van der Waals surface area contributed by atoms with E-state index < -0.39 is 5.91 Å². The molecule has 1 aliphatic heterocycles. The first-order chi connectivity index (χ1) is 16.1. The van der Waals surface area contributed by atoms with E-state index in [9.17, 15) is 9.59 Å². The third-order valence-corrected chi connectivity index (χ3v) is 5.62. The SMILES string of the molecule is NC(=O)c1ccc(Oc2ccc(C(=O)NCC(c3ccccc3)N3CCOCC3)cc2)cc1. The summed E-state index contributed by atoms with van der Waals surface area (Å²) in [5.74, 6) is 0.545. The van der Waals surface area contributed by atoms with Crippen LogP contribution in [0.25, 0.3) is 0 Å². The summed E-state index contributed by atoms with van der Waals surface area (Å²) >= 11 is 0. The van der Waals surface area contributed by atoms with E-state index in [4.69, 9.17) is 15.2 Å². The Morgan fingerprint density at radius 3 is 2.03 bits per heavy atom. The molecular weight excluding hydrogens is 418 g/mol. The lowest BCUT2D eigenvalue weighted by Crippen LogP contribution is -2.43. The second-order valence-corrected chi connectivity index (χ2v) is 7.80. The molecule has 0 saturated carbocycles. The predicted octanol–water partition coefficient (Wildman–Crippen LogP) is 3.38. The van der Waals surface area contributed by atoms with Gasteiger partial charge in [0.15, 0.2) is 0 Å². The maximum atomic E-state index is 12.8. The molecule has 33 heavy (non-hydrogen) atoms. The van der Waals surface area contributed by atoms with E-state index in [0.29, 0.717) is 42.4 Å². The summed E-state index contributed by atoms with van der Waals surface area (Å²) in [4.78, 5) is 26.3. The van der Waals surface area contributed by atoms with E-state index in [2.05, 4.69) is 22.3 Å². The molecule has 0 spiro atoms. The van der Waals surface area contributed by atoms with Crippen molar-refractivity contribution < 1.29 is 19.1 Å². The highest BCUT2D eigenvalue weighted by atomic mass is 16.5. The second-order valence-electron chi connectivity index (χ2n) is 7.80. The number of hydrogen-bond donors (Lipinski definition) is 2. The van der Waals surface area contributed by atoms with Crippen molar-refractivity contribution in [2.24, 2.45) is 5.73 Å². The number of nitrogens with zero attached hydrogens (tertiary/aromatic N) is 1. The number of morpholine rings is 1. The third-order valence-electron chi connectivity index (χ3n) is 5.62. The quantitative estimate of drug-likeness (QED) is 0.554. The van der Waals surface area contributed by atoms with Gasteiger partial charge in [-0.25, -0.2) is 0 Å². The molecule has 3 N–H and O–H groups in total. The number of hydrogen-bond acceptors (Lipinski definition) is 5. The standard InChI is InChI=1S/C26H27N3O4/c27-25(30)20-6-10-22(11-7-20)33-23-12-8-21(9-13-23)26(31)28-18-24(19-4-2-1-3-5-19)29-14-16-32-17-15-29/h1-13,24H,14-18H2,(H2,27,30)(H,28,31). The third kappa shape index (κ3) is 5.97. The number of carbonyl (C=O) groups excluding carboxylic acids is 2. The van der Waals surface area contributed by atoms with Crippen molar-refractivity contribution >= 4 is 11.8 Å². The van der Waals surface area contributed by atoms with Gasteiger partial charge < -0.3 is 20.5 Å². The molecular formula is C26H27N3O4. The fourth-order valence-electron chi connectivity index (χ4n) is 3.81. The lowest BCUT2D eigenvalue weighted by atomic mass is 10.0. The monoisotopic (exact) mass is 445 g/mol. The molecule has 0 bridgehead atoms. The molecule has 4 rings (SSSR count). The van der Waals surface area contributed by atoms with Crippen LogP contribution >= 0.6 is 0 Å². The van der Waals surface area contributed by atoms with Crippen LogP contribution in [0.3, 0.4) is 0 Å². The number of nitrogens with one attached hydrogen (secondary N) is 1. The summed E-state index contributed by atoms with van der Waals surface area (Å²) in [6.45, 7) is 3.57. The number of rotatable bonds is 8. The van der Waals surface area contributed by atoms with E-state index in [1.807, 2.05) is 18.2 Å². The minimum absolute atomic E-state index is 0.0880. The molecule has 7 heteroatoms. The van der Waals surface area contributed by atoms with Crippen molar-refractivity contribution in [2.75, 3.05) is 32.8 Å². The molecule has 3 aromatic carbocycles. The summed E-state index contributed by atoms with van der Waals surface area (Å²) in [6, 6.07) is 23.8. The molecule has 1 heterocycles. The topological polar surface area (TPSA) is 93.9 Å². The Hall–Kier alpha value is -3.68. The highest BCUT2D eigenvalue weighted by Gasteiger charge is 2.23. The van der Waals surface area contributed by atoms with Gasteiger partial charge in [0.1, 0.15) is 11.5 Å². The molecule has 0 aromatic heterocycles. The zero-order valence-electron chi connectivity index (χ0n) is 18.3. The Morgan fingerprint density at radius 1 is 0.879 bits per heavy atom. The van der Waals surface area contributed by atoms with Gasteiger partial charge in [0.05, 0.1) is 19.3 Å². The number of nitrogens with two attached hydrogens (primary N) is 1. The van der Waals surface area contributed by atoms with E-state index >= 15 is 0 Å². The molecule has 170 valence electrons. The van der Waals surface area contributed by atoms with Crippen LogP contribution < -0.4 is 15.8 Å². The number of carbonyl (C=O) groups is 2. The first-order valence-electron chi connectivity index (χ1n) is 10.9. The predicted molar refractivity (Wildman–Crippen MR) is 125 cm³/mol. The lowest BCUT2D eigenvalue weighted by Gasteiger charge is -2.35. The van der Waals surface area contributed by atoms with Gasteiger partial charge in [-0.05, 0) is 54.1 Å². The zero-order chi connectivity index (χ0) is 23.0. The molecule has 1 atom stereocenters. The van der Waals surface area contributed by atoms with E-state index in [1.54, 1.807) is 48.5 Å². The van der Waals surface area contributed by atoms with Gasteiger partial charge in [0.25, 0.3) is 5.91 Å². The van der Waals surface area contributed by atoms with E-state index in [0.717, 1.165) is 13.1 Å². The van der Waals surface area contributed by atoms with Crippen LogP contribution in [0.15, 0.2) is 78.9 Å². The van der Waals surface area contributed by atoms with Gasteiger partial charge in [-0.3, -0.25) is 14.5 Å². The molecule has 3 aromatic rings. The summed E-state index contributed by atoms with van der Waals surface area (Å²) in [5, 5.41) is 3.07. The van der Waals surface area contributed by atoms with E-state index in [1.165, 1.54) is 5.56 Å². The number of ether oxygens (including phenoxy) is 2. The average molecular weight is 446 g/mol. The normalized spacial score (nSPS) is 14.9. The Balaban J connectivity index is 1.37. The fourth-order valence-corrected chi connectivity index (χ4v) is 3.81. The van der Waals surface area contributed by atoms with Crippen molar-refractivity contribution in [1.82, 2.24) is 10.2 Å². The average Bonchev–Trinajstić information content (AvgIpc) is 2.86. The van der Waals surface area contributed by atoms with Crippen LogP contribution in [0, 0.1) is 0 Å². The molecule has 0 radical (unpaired) electrons. The molecule has 1 fully saturated rings.